The highest BCUT2D eigenvalue weighted by molar-refractivity contribution is 5.74. The van der Waals surface area contributed by atoms with E-state index in [1.807, 2.05) is 0 Å². The first-order valence-electron chi connectivity index (χ1n) is 8.56. The Hall–Kier alpha value is -0.810. The Bertz CT molecular complexity index is 346. The molecule has 3 atom stereocenters. The highest BCUT2D eigenvalue weighted by Gasteiger charge is 2.38. The number of urea groups is 1. The van der Waals surface area contributed by atoms with Gasteiger partial charge in [0.15, 0.2) is 0 Å². The second-order valence-corrected chi connectivity index (χ2v) is 6.67. The van der Waals surface area contributed by atoms with Crippen LogP contribution in [0.3, 0.4) is 0 Å². The topological polar surface area (TPSA) is 59.6 Å². The minimum Gasteiger partial charge on any atom is -0.381 e. The first-order valence-corrected chi connectivity index (χ1v) is 8.56. The molecule has 1 aliphatic heterocycles. The quantitative estimate of drug-likeness (QED) is 0.707. The van der Waals surface area contributed by atoms with Crippen LogP contribution in [0, 0.1) is 11.8 Å². The molecule has 0 unspecified atom stereocenters. The number of hydrogen-bond donors (Lipinski definition) is 2. The molecule has 0 bridgehead atoms. The molecule has 21 heavy (non-hydrogen) atoms. The van der Waals surface area contributed by atoms with Crippen LogP contribution in [0.1, 0.15) is 44.9 Å². The third-order valence-electron chi connectivity index (χ3n) is 4.90. The molecule has 0 aromatic heterocycles. The Kier molecular flexibility index (Phi) is 5.36. The van der Waals surface area contributed by atoms with Crippen LogP contribution in [0.25, 0.3) is 0 Å². The van der Waals surface area contributed by atoms with Gasteiger partial charge in [-0.2, -0.15) is 0 Å². The number of carbonyl (C=O) groups is 1. The minimum atomic E-state index is -0.0326. The third-order valence-corrected chi connectivity index (χ3v) is 4.90. The average molecular weight is 296 g/mol. The summed E-state index contributed by atoms with van der Waals surface area (Å²) in [7, 11) is 0. The second-order valence-electron chi connectivity index (χ2n) is 6.67. The first-order chi connectivity index (χ1) is 10.3. The molecule has 0 aromatic rings. The summed E-state index contributed by atoms with van der Waals surface area (Å²) in [5.41, 5.74) is 0. The summed E-state index contributed by atoms with van der Waals surface area (Å²) in [4.78, 5) is 11.9. The Balaban J connectivity index is 1.26. The maximum absolute atomic E-state index is 11.9. The highest BCUT2D eigenvalue weighted by Crippen LogP contribution is 2.34. The zero-order valence-corrected chi connectivity index (χ0v) is 12.8. The van der Waals surface area contributed by atoms with Gasteiger partial charge in [-0.15, -0.1) is 0 Å². The van der Waals surface area contributed by atoms with E-state index in [0.717, 1.165) is 57.8 Å². The van der Waals surface area contributed by atoms with Gasteiger partial charge in [0.25, 0.3) is 0 Å². The van der Waals surface area contributed by atoms with E-state index in [-0.39, 0.29) is 12.1 Å². The van der Waals surface area contributed by atoms with Crippen molar-refractivity contribution in [3.63, 3.8) is 0 Å². The molecule has 3 rings (SSSR count). The predicted molar refractivity (Wildman–Crippen MR) is 80.2 cm³/mol. The van der Waals surface area contributed by atoms with E-state index in [1.54, 1.807) is 0 Å². The lowest BCUT2D eigenvalue weighted by molar-refractivity contribution is 0.0549. The van der Waals surface area contributed by atoms with Crippen LogP contribution in [0.5, 0.6) is 0 Å². The smallest absolute Gasteiger partial charge is 0.315 e. The number of ether oxygens (including phenoxy) is 2. The molecule has 2 N–H and O–H groups in total. The van der Waals surface area contributed by atoms with Gasteiger partial charge in [-0.3, -0.25) is 0 Å². The van der Waals surface area contributed by atoms with Crippen molar-refractivity contribution >= 4 is 6.03 Å². The lowest BCUT2D eigenvalue weighted by atomic mass is 9.82. The molecule has 2 saturated carbocycles. The molecule has 1 heterocycles. The van der Waals surface area contributed by atoms with E-state index in [2.05, 4.69) is 10.6 Å². The van der Waals surface area contributed by atoms with Crippen molar-refractivity contribution in [2.75, 3.05) is 26.4 Å². The molecular formula is C16H28N2O3. The number of fused-ring (bicyclic) bond motifs is 1. The Labute approximate surface area is 127 Å². The summed E-state index contributed by atoms with van der Waals surface area (Å²) >= 11 is 0. The van der Waals surface area contributed by atoms with Crippen molar-refractivity contribution in [2.24, 2.45) is 11.8 Å². The molecule has 3 aliphatic rings. The van der Waals surface area contributed by atoms with Gasteiger partial charge >= 0.3 is 6.03 Å². The van der Waals surface area contributed by atoms with Crippen molar-refractivity contribution < 1.29 is 14.3 Å². The van der Waals surface area contributed by atoms with Crippen LogP contribution >= 0.6 is 0 Å². The number of nitrogens with one attached hydrogen (secondary N) is 2. The van der Waals surface area contributed by atoms with Crippen LogP contribution in [-0.4, -0.2) is 44.5 Å². The lowest BCUT2D eigenvalue weighted by Crippen LogP contribution is -2.49. The van der Waals surface area contributed by atoms with Gasteiger partial charge < -0.3 is 20.1 Å². The van der Waals surface area contributed by atoms with Crippen molar-refractivity contribution in [3.05, 3.63) is 0 Å². The Morgan fingerprint density at radius 1 is 1.19 bits per heavy atom. The molecule has 2 amide bonds. The van der Waals surface area contributed by atoms with Gasteiger partial charge in [0, 0.05) is 38.3 Å². The zero-order valence-electron chi connectivity index (χ0n) is 12.8. The van der Waals surface area contributed by atoms with Gasteiger partial charge in [0.2, 0.25) is 0 Å². The number of amides is 2. The fourth-order valence-corrected chi connectivity index (χ4v) is 3.49. The monoisotopic (exact) mass is 296 g/mol. The van der Waals surface area contributed by atoms with E-state index >= 15 is 0 Å². The maximum atomic E-state index is 11.9. The third kappa shape index (κ3) is 4.58. The maximum Gasteiger partial charge on any atom is 0.315 e. The predicted octanol–water partition coefficient (Wildman–Crippen LogP) is 2.06. The molecule has 2 aliphatic carbocycles. The molecule has 5 nitrogen and oxygen atoms in total. The number of rotatable bonds is 7. The molecular weight excluding hydrogens is 268 g/mol. The van der Waals surface area contributed by atoms with E-state index in [4.69, 9.17) is 9.47 Å². The van der Waals surface area contributed by atoms with Crippen LogP contribution in [0.4, 0.5) is 4.79 Å². The van der Waals surface area contributed by atoms with Gasteiger partial charge in [-0.05, 0) is 50.9 Å². The van der Waals surface area contributed by atoms with E-state index in [0.29, 0.717) is 18.6 Å². The van der Waals surface area contributed by atoms with Gasteiger partial charge in [-0.1, -0.05) is 0 Å². The van der Waals surface area contributed by atoms with Crippen molar-refractivity contribution in [2.45, 2.75) is 57.1 Å². The summed E-state index contributed by atoms with van der Waals surface area (Å²) < 4.78 is 11.3. The molecule has 0 radical (unpaired) electrons. The van der Waals surface area contributed by atoms with Crippen LogP contribution in [-0.2, 0) is 9.47 Å². The van der Waals surface area contributed by atoms with Crippen LogP contribution in [0.2, 0.25) is 0 Å². The van der Waals surface area contributed by atoms with Gasteiger partial charge in [0.05, 0.1) is 6.10 Å². The summed E-state index contributed by atoms with van der Waals surface area (Å²) in [6.07, 6.45) is 8.40. The summed E-state index contributed by atoms with van der Waals surface area (Å²) in [6, 6.07) is 0.257. The Morgan fingerprint density at radius 2 is 2.10 bits per heavy atom. The number of carbonyl (C=O) groups excluding carboxylic acids is 1. The SMILES string of the molecule is O=C(NCCCOCC1CC1)N[C@@H]1CCC[C@H]2OCC[C@@H]12. The molecule has 5 heteroatoms. The normalized spacial score (nSPS) is 31.7. The van der Waals surface area contributed by atoms with Crippen LogP contribution < -0.4 is 10.6 Å². The zero-order chi connectivity index (χ0) is 14.5. The molecule has 1 saturated heterocycles. The van der Waals surface area contributed by atoms with Crippen LogP contribution in [0.15, 0.2) is 0 Å². The second kappa shape index (κ2) is 7.45. The van der Waals surface area contributed by atoms with E-state index < -0.39 is 0 Å². The van der Waals surface area contributed by atoms with Gasteiger partial charge in [0.1, 0.15) is 0 Å². The largest absolute Gasteiger partial charge is 0.381 e. The molecule has 120 valence electrons. The van der Waals surface area contributed by atoms with Crippen molar-refractivity contribution in [1.29, 1.82) is 0 Å². The lowest BCUT2D eigenvalue weighted by Gasteiger charge is -2.33. The Morgan fingerprint density at radius 3 is 2.95 bits per heavy atom. The molecule has 0 aromatic carbocycles. The number of hydrogen-bond acceptors (Lipinski definition) is 3. The van der Waals surface area contributed by atoms with Crippen molar-refractivity contribution in [3.8, 4) is 0 Å². The summed E-state index contributed by atoms with van der Waals surface area (Å²) in [5, 5.41) is 6.08. The van der Waals surface area contributed by atoms with Crippen molar-refractivity contribution in [1.82, 2.24) is 10.6 Å². The summed E-state index contributed by atoms with van der Waals surface area (Å²) in [5.74, 6) is 1.33. The highest BCUT2D eigenvalue weighted by atomic mass is 16.5. The summed E-state index contributed by atoms with van der Waals surface area (Å²) in [6.45, 7) is 3.19. The average Bonchev–Trinajstić information content (AvgIpc) is 3.17. The fraction of sp³-hybridized carbons (Fsp3) is 0.938. The molecule has 0 spiro atoms. The molecule has 3 fully saturated rings. The van der Waals surface area contributed by atoms with Gasteiger partial charge in [-0.25, -0.2) is 4.79 Å². The fourth-order valence-electron chi connectivity index (χ4n) is 3.49. The van der Waals surface area contributed by atoms with E-state index in [1.165, 1.54) is 12.8 Å². The standard InChI is InChI=1S/C16H28N2O3/c19-16(17-8-2-9-20-11-12-5-6-12)18-14-3-1-4-15-13(14)7-10-21-15/h12-15H,1-11H2,(H2,17,18,19)/t13-,14+,15+/m0/s1. The minimum absolute atomic E-state index is 0.0326. The first kappa shape index (κ1) is 15.1. The van der Waals surface area contributed by atoms with E-state index in [9.17, 15) is 4.79 Å².